The zero-order valence-electron chi connectivity index (χ0n) is 14.7. The van der Waals surface area contributed by atoms with E-state index in [0.29, 0.717) is 27.5 Å². The van der Waals surface area contributed by atoms with Crippen molar-refractivity contribution in [2.75, 3.05) is 10.6 Å². The minimum absolute atomic E-state index is 0.0976. The molecule has 0 saturated heterocycles. The topological polar surface area (TPSA) is 88.9 Å². The van der Waals surface area contributed by atoms with E-state index in [2.05, 4.69) is 20.7 Å². The molecule has 1 aromatic heterocycles. The maximum absolute atomic E-state index is 12.4. The Kier molecular flexibility index (Phi) is 4.78. The van der Waals surface area contributed by atoms with Crippen LogP contribution in [0.4, 0.5) is 11.6 Å². The number of nitrogens with zero attached hydrogens (tertiary/aromatic N) is 3. The van der Waals surface area contributed by atoms with Crippen LogP contribution in [0.5, 0.6) is 0 Å². The summed E-state index contributed by atoms with van der Waals surface area (Å²) in [6, 6.07) is 11.7. The molecule has 3 aromatic rings. The molecule has 28 heavy (non-hydrogen) atoms. The summed E-state index contributed by atoms with van der Waals surface area (Å²) >= 11 is 11.9. The lowest BCUT2D eigenvalue weighted by Gasteiger charge is -2.10. The predicted octanol–water partition coefficient (Wildman–Crippen LogP) is 4.08. The van der Waals surface area contributed by atoms with Crippen molar-refractivity contribution in [3.63, 3.8) is 0 Å². The van der Waals surface area contributed by atoms with Crippen LogP contribution in [0, 0.1) is 6.92 Å². The van der Waals surface area contributed by atoms with Gasteiger partial charge in [-0.25, -0.2) is 4.68 Å². The summed E-state index contributed by atoms with van der Waals surface area (Å²) < 4.78 is 1.45. The number of benzene rings is 2. The average Bonchev–Trinajstić information content (AvgIpc) is 3.13. The van der Waals surface area contributed by atoms with E-state index < -0.39 is 6.04 Å². The molecule has 4 rings (SSSR count). The molecule has 7 nitrogen and oxygen atoms in total. The van der Waals surface area contributed by atoms with Crippen LogP contribution < -0.4 is 10.6 Å². The molecular weight excluding hydrogens is 401 g/mol. The van der Waals surface area contributed by atoms with Gasteiger partial charge < -0.3 is 5.32 Å². The van der Waals surface area contributed by atoms with Crippen molar-refractivity contribution in [2.24, 2.45) is 0 Å². The highest BCUT2D eigenvalue weighted by atomic mass is 35.5. The highest BCUT2D eigenvalue weighted by Gasteiger charge is 2.35. The van der Waals surface area contributed by atoms with Gasteiger partial charge in [0.25, 0.3) is 5.91 Å². The number of rotatable bonds is 4. The molecule has 0 bridgehead atoms. The number of amides is 2. The number of nitrogens with one attached hydrogen (secondary N) is 2. The maximum Gasteiger partial charge on any atom is 0.252 e. The second-order valence-electron chi connectivity index (χ2n) is 6.49. The second kappa shape index (κ2) is 7.26. The fraction of sp³-hybridized carbons (Fsp3) is 0.158. The molecule has 142 valence electrons. The number of hydrogen-bond acceptors (Lipinski definition) is 4. The minimum atomic E-state index is -0.781. The van der Waals surface area contributed by atoms with Gasteiger partial charge in [-0.2, -0.15) is 4.98 Å². The van der Waals surface area contributed by atoms with Crippen LogP contribution in [-0.2, 0) is 9.59 Å². The van der Waals surface area contributed by atoms with Crippen molar-refractivity contribution in [1.82, 2.24) is 14.8 Å². The van der Waals surface area contributed by atoms with Gasteiger partial charge in [0.15, 0.2) is 5.82 Å². The molecule has 0 aliphatic carbocycles. The number of carbonyl (C=O) groups excluding carboxylic acids is 2. The molecule has 1 atom stereocenters. The van der Waals surface area contributed by atoms with E-state index in [9.17, 15) is 9.59 Å². The van der Waals surface area contributed by atoms with E-state index in [1.54, 1.807) is 18.2 Å². The molecule has 2 heterocycles. The Balaban J connectivity index is 1.52. The minimum Gasteiger partial charge on any atom is -0.326 e. The zero-order valence-corrected chi connectivity index (χ0v) is 16.3. The third-order valence-corrected chi connectivity index (χ3v) is 4.74. The van der Waals surface area contributed by atoms with Gasteiger partial charge >= 0.3 is 0 Å². The van der Waals surface area contributed by atoms with E-state index in [-0.39, 0.29) is 18.2 Å². The molecule has 0 spiro atoms. The van der Waals surface area contributed by atoms with E-state index in [1.807, 2.05) is 31.2 Å². The molecule has 1 aliphatic heterocycles. The van der Waals surface area contributed by atoms with Gasteiger partial charge in [0.05, 0.1) is 6.42 Å². The fourth-order valence-corrected chi connectivity index (χ4v) is 3.47. The largest absolute Gasteiger partial charge is 0.326 e. The third kappa shape index (κ3) is 3.72. The lowest BCUT2D eigenvalue weighted by Crippen LogP contribution is -2.23. The predicted molar refractivity (Wildman–Crippen MR) is 108 cm³/mol. The summed E-state index contributed by atoms with van der Waals surface area (Å²) in [5.74, 6) is 0.120. The summed E-state index contributed by atoms with van der Waals surface area (Å²) in [6.45, 7) is 1.99. The summed E-state index contributed by atoms with van der Waals surface area (Å²) in [5.41, 5.74) is 2.41. The molecule has 0 saturated carbocycles. The number of halogens is 2. The third-order valence-electron chi connectivity index (χ3n) is 4.30. The first-order chi connectivity index (χ1) is 13.4. The van der Waals surface area contributed by atoms with Crippen LogP contribution in [0.3, 0.4) is 0 Å². The van der Waals surface area contributed by atoms with Crippen molar-refractivity contribution >= 4 is 46.7 Å². The molecule has 0 radical (unpaired) electrons. The number of carbonyl (C=O) groups is 2. The van der Waals surface area contributed by atoms with Crippen LogP contribution in [0.1, 0.15) is 18.0 Å². The Hall–Kier alpha value is -2.90. The molecule has 9 heteroatoms. The highest BCUT2D eigenvalue weighted by molar-refractivity contribution is 6.35. The van der Waals surface area contributed by atoms with Crippen molar-refractivity contribution in [2.45, 2.75) is 19.4 Å². The highest BCUT2D eigenvalue weighted by Crippen LogP contribution is 2.29. The van der Waals surface area contributed by atoms with Crippen LogP contribution in [0.2, 0.25) is 10.0 Å². The van der Waals surface area contributed by atoms with E-state index in [1.165, 1.54) is 4.68 Å². The Bertz CT molecular complexity index is 1060. The van der Waals surface area contributed by atoms with Crippen LogP contribution in [0.15, 0.2) is 42.5 Å². The van der Waals surface area contributed by atoms with Gasteiger partial charge in [0.2, 0.25) is 11.9 Å². The van der Waals surface area contributed by atoms with Gasteiger partial charge in [-0.05, 0) is 25.1 Å². The van der Waals surface area contributed by atoms with Crippen molar-refractivity contribution in [1.29, 1.82) is 0 Å². The first kappa shape index (κ1) is 18.5. The number of hydrogen-bond donors (Lipinski definition) is 2. The molecule has 2 N–H and O–H groups in total. The van der Waals surface area contributed by atoms with E-state index in [4.69, 9.17) is 23.2 Å². The van der Waals surface area contributed by atoms with Gasteiger partial charge in [0.1, 0.15) is 6.04 Å². The first-order valence-corrected chi connectivity index (χ1v) is 9.25. The number of anilines is 2. The second-order valence-corrected chi connectivity index (χ2v) is 7.36. The normalized spacial score (nSPS) is 15.2. The Labute approximate surface area is 170 Å². The monoisotopic (exact) mass is 415 g/mol. The van der Waals surface area contributed by atoms with E-state index >= 15 is 0 Å². The van der Waals surface area contributed by atoms with Crippen LogP contribution in [-0.4, -0.2) is 26.6 Å². The summed E-state index contributed by atoms with van der Waals surface area (Å²) in [4.78, 5) is 29.0. The number of aromatic nitrogens is 3. The Morgan fingerprint density at radius 2 is 1.86 bits per heavy atom. The quantitative estimate of drug-likeness (QED) is 0.671. The van der Waals surface area contributed by atoms with Crippen molar-refractivity contribution in [3.8, 4) is 11.4 Å². The lowest BCUT2D eigenvalue weighted by atomic mass is 10.1. The summed E-state index contributed by atoms with van der Waals surface area (Å²) in [5, 5.41) is 10.6. The zero-order chi connectivity index (χ0) is 19.8. The molecule has 0 unspecified atom stereocenters. The molecule has 1 aliphatic rings. The summed E-state index contributed by atoms with van der Waals surface area (Å²) in [7, 11) is 0. The van der Waals surface area contributed by atoms with Crippen molar-refractivity contribution < 1.29 is 9.59 Å². The van der Waals surface area contributed by atoms with E-state index in [0.717, 1.165) is 11.1 Å². The number of fused-ring (bicyclic) bond motifs is 1. The molecule has 2 amide bonds. The molecule has 0 fully saturated rings. The first-order valence-electron chi connectivity index (χ1n) is 8.49. The Morgan fingerprint density at radius 1 is 1.18 bits per heavy atom. The van der Waals surface area contributed by atoms with Crippen LogP contribution in [0.25, 0.3) is 11.4 Å². The lowest BCUT2D eigenvalue weighted by molar-refractivity contribution is -0.123. The Morgan fingerprint density at radius 3 is 2.54 bits per heavy atom. The number of aryl methyl sites for hydroxylation is 1. The SMILES string of the molecule is Cc1ccc(-c2nc3n(n2)[C@H](CC(=O)Nc2cc(Cl)cc(Cl)c2)C(=O)N3)cc1. The fourth-order valence-electron chi connectivity index (χ4n) is 2.95. The van der Waals surface area contributed by atoms with Gasteiger partial charge in [-0.1, -0.05) is 53.0 Å². The van der Waals surface area contributed by atoms with Gasteiger partial charge in [-0.3, -0.25) is 14.9 Å². The standard InChI is InChI=1S/C19H15Cl2N5O2/c1-10-2-4-11(5-3-10)17-23-19-24-18(28)15(26(19)25-17)9-16(27)22-14-7-12(20)6-13(21)8-14/h2-8,15H,9H2,1H3,(H,22,27)(H,23,24,25,28)/t15-/m1/s1. The summed E-state index contributed by atoms with van der Waals surface area (Å²) in [6.07, 6.45) is -0.0976. The maximum atomic E-state index is 12.4. The molecule has 2 aromatic carbocycles. The smallest absolute Gasteiger partial charge is 0.252 e. The molecular formula is C19H15Cl2N5O2. The van der Waals surface area contributed by atoms with Crippen LogP contribution >= 0.6 is 23.2 Å². The van der Waals surface area contributed by atoms with Gasteiger partial charge in [0, 0.05) is 21.3 Å². The van der Waals surface area contributed by atoms with Gasteiger partial charge in [-0.15, -0.1) is 5.10 Å². The van der Waals surface area contributed by atoms with Crippen molar-refractivity contribution in [3.05, 3.63) is 58.1 Å². The average molecular weight is 416 g/mol.